The van der Waals surface area contributed by atoms with Crippen molar-refractivity contribution in [2.75, 3.05) is 0 Å². The number of rotatable bonds is 5. The molecule has 0 saturated heterocycles. The van der Waals surface area contributed by atoms with E-state index in [1.54, 1.807) is 17.6 Å². The molecule has 0 unspecified atom stereocenters. The Hall–Kier alpha value is -1.62. The summed E-state index contributed by atoms with van der Waals surface area (Å²) in [6.45, 7) is 1.94. The Bertz CT molecular complexity index is 502. The molecule has 0 spiro atoms. The van der Waals surface area contributed by atoms with E-state index >= 15 is 0 Å². The van der Waals surface area contributed by atoms with Gasteiger partial charge in [0.15, 0.2) is 0 Å². The maximum atomic E-state index is 10.5. The van der Waals surface area contributed by atoms with Crippen LogP contribution in [0.4, 0.5) is 0 Å². The zero-order valence-electron chi connectivity index (χ0n) is 9.47. The molecule has 0 radical (unpaired) electrons. The van der Waals surface area contributed by atoms with E-state index in [-0.39, 0.29) is 6.42 Å². The van der Waals surface area contributed by atoms with Crippen LogP contribution in [0.25, 0.3) is 10.6 Å². The Morgan fingerprint density at radius 3 is 3.06 bits per heavy atom. The number of hydrogen-bond acceptors (Lipinski definition) is 4. The number of aromatic nitrogens is 1. The maximum absolute atomic E-state index is 10.5. The molecule has 0 amide bonds. The summed E-state index contributed by atoms with van der Waals surface area (Å²) in [7, 11) is 0. The van der Waals surface area contributed by atoms with Crippen molar-refractivity contribution in [3.05, 3.63) is 29.1 Å². The SMILES string of the molecule is Cc1nc(CCCC(=O)O)c(-c2ccco2)s1. The summed E-state index contributed by atoms with van der Waals surface area (Å²) in [4.78, 5) is 15.9. The average Bonchev–Trinajstić information content (AvgIpc) is 2.86. The lowest BCUT2D eigenvalue weighted by molar-refractivity contribution is -0.137. The highest BCUT2D eigenvalue weighted by Gasteiger charge is 2.13. The molecule has 0 aliphatic rings. The van der Waals surface area contributed by atoms with E-state index in [4.69, 9.17) is 9.52 Å². The largest absolute Gasteiger partial charge is 0.481 e. The van der Waals surface area contributed by atoms with E-state index < -0.39 is 5.97 Å². The van der Waals surface area contributed by atoms with Gasteiger partial charge >= 0.3 is 5.97 Å². The van der Waals surface area contributed by atoms with Crippen molar-refractivity contribution in [3.63, 3.8) is 0 Å². The molecule has 2 aromatic rings. The highest BCUT2D eigenvalue weighted by Crippen LogP contribution is 2.31. The smallest absolute Gasteiger partial charge is 0.303 e. The molecule has 4 nitrogen and oxygen atoms in total. The molecule has 2 aromatic heterocycles. The summed E-state index contributed by atoms with van der Waals surface area (Å²) in [5.41, 5.74) is 0.934. The first kappa shape index (κ1) is 11.9. The number of furan rings is 1. The maximum Gasteiger partial charge on any atom is 0.303 e. The molecule has 0 aliphatic carbocycles. The number of carboxylic acid groups (broad SMARTS) is 1. The van der Waals surface area contributed by atoms with Crippen LogP contribution in [0, 0.1) is 6.92 Å². The summed E-state index contributed by atoms with van der Waals surface area (Å²) in [5, 5.41) is 9.59. The summed E-state index contributed by atoms with van der Waals surface area (Å²) in [6, 6.07) is 3.74. The minimum absolute atomic E-state index is 0.175. The fourth-order valence-electron chi connectivity index (χ4n) is 1.65. The molecular formula is C12H13NO3S. The molecule has 0 atom stereocenters. The van der Waals surface area contributed by atoms with E-state index in [1.165, 1.54) is 0 Å². The minimum atomic E-state index is -0.767. The Morgan fingerprint density at radius 2 is 2.41 bits per heavy atom. The van der Waals surface area contributed by atoms with Crippen LogP contribution < -0.4 is 0 Å². The minimum Gasteiger partial charge on any atom is -0.481 e. The van der Waals surface area contributed by atoms with Gasteiger partial charge in [-0.25, -0.2) is 4.98 Å². The quantitative estimate of drug-likeness (QED) is 0.886. The number of aliphatic carboxylic acids is 1. The number of carbonyl (C=O) groups is 1. The van der Waals surface area contributed by atoms with Crippen LogP contribution in [-0.2, 0) is 11.2 Å². The lowest BCUT2D eigenvalue weighted by atomic mass is 10.1. The Balaban J connectivity index is 2.14. The molecule has 5 heteroatoms. The number of hydrogen-bond donors (Lipinski definition) is 1. The van der Waals surface area contributed by atoms with Crippen LogP contribution in [0.2, 0.25) is 0 Å². The lowest BCUT2D eigenvalue weighted by Crippen LogP contribution is -1.96. The van der Waals surface area contributed by atoms with Crippen molar-refractivity contribution in [3.8, 4) is 10.6 Å². The topological polar surface area (TPSA) is 63.3 Å². The van der Waals surface area contributed by atoms with E-state index in [1.807, 2.05) is 19.1 Å². The fourth-order valence-corrected chi connectivity index (χ4v) is 2.58. The highest BCUT2D eigenvalue weighted by atomic mass is 32.1. The number of nitrogens with zero attached hydrogens (tertiary/aromatic N) is 1. The van der Waals surface area contributed by atoms with Gasteiger partial charge in [-0.2, -0.15) is 0 Å². The Labute approximate surface area is 103 Å². The zero-order valence-corrected chi connectivity index (χ0v) is 10.3. The summed E-state index contributed by atoms with van der Waals surface area (Å²) >= 11 is 1.58. The van der Waals surface area contributed by atoms with Gasteiger partial charge in [-0.1, -0.05) is 0 Å². The first-order valence-corrected chi connectivity index (χ1v) is 6.20. The molecule has 2 heterocycles. The van der Waals surface area contributed by atoms with Crippen LogP contribution in [0.15, 0.2) is 22.8 Å². The van der Waals surface area contributed by atoms with Gasteiger partial charge in [0.25, 0.3) is 0 Å². The van der Waals surface area contributed by atoms with Crippen LogP contribution in [0.5, 0.6) is 0 Å². The third kappa shape index (κ3) is 2.94. The standard InChI is InChI=1S/C12H13NO3S/c1-8-13-9(4-2-6-11(14)15)12(17-8)10-5-3-7-16-10/h3,5,7H,2,4,6H2,1H3,(H,14,15). The summed E-state index contributed by atoms with van der Waals surface area (Å²) in [5.74, 6) is 0.0393. The van der Waals surface area contributed by atoms with Crippen LogP contribution in [0.3, 0.4) is 0 Å². The molecule has 0 fully saturated rings. The molecule has 0 aliphatic heterocycles. The second-order valence-corrected chi connectivity index (χ2v) is 4.94. The van der Waals surface area contributed by atoms with Crippen molar-refractivity contribution in [1.82, 2.24) is 4.98 Å². The zero-order chi connectivity index (χ0) is 12.3. The Morgan fingerprint density at radius 1 is 1.59 bits per heavy atom. The second-order valence-electron chi connectivity index (χ2n) is 3.73. The van der Waals surface area contributed by atoms with Crippen LogP contribution >= 0.6 is 11.3 Å². The predicted molar refractivity (Wildman–Crippen MR) is 65.1 cm³/mol. The van der Waals surface area contributed by atoms with Gasteiger partial charge in [-0.3, -0.25) is 4.79 Å². The van der Waals surface area contributed by atoms with Crippen molar-refractivity contribution in [2.45, 2.75) is 26.2 Å². The van der Waals surface area contributed by atoms with E-state index in [9.17, 15) is 4.79 Å². The Kier molecular flexibility index (Phi) is 3.58. The van der Waals surface area contributed by atoms with Gasteiger partial charge in [0.1, 0.15) is 5.76 Å². The van der Waals surface area contributed by atoms with Crippen molar-refractivity contribution >= 4 is 17.3 Å². The molecular weight excluding hydrogens is 238 g/mol. The first-order valence-electron chi connectivity index (χ1n) is 5.39. The highest BCUT2D eigenvalue weighted by molar-refractivity contribution is 7.15. The fraction of sp³-hybridized carbons (Fsp3) is 0.333. The van der Waals surface area contributed by atoms with Crippen molar-refractivity contribution in [1.29, 1.82) is 0 Å². The van der Waals surface area contributed by atoms with Crippen molar-refractivity contribution < 1.29 is 14.3 Å². The average molecular weight is 251 g/mol. The second kappa shape index (κ2) is 5.14. The van der Waals surface area contributed by atoms with Gasteiger partial charge in [0.2, 0.25) is 0 Å². The molecule has 0 aromatic carbocycles. The summed E-state index contributed by atoms with van der Waals surface area (Å²) in [6.07, 6.45) is 3.08. The normalized spacial score (nSPS) is 10.6. The molecule has 1 N–H and O–H groups in total. The van der Waals surface area contributed by atoms with Crippen LogP contribution in [-0.4, -0.2) is 16.1 Å². The molecule has 17 heavy (non-hydrogen) atoms. The first-order chi connectivity index (χ1) is 8.16. The monoisotopic (exact) mass is 251 g/mol. The third-order valence-corrected chi connectivity index (χ3v) is 3.38. The van der Waals surface area contributed by atoms with Gasteiger partial charge in [-0.15, -0.1) is 11.3 Å². The molecule has 0 bridgehead atoms. The third-order valence-electron chi connectivity index (χ3n) is 2.35. The van der Waals surface area contributed by atoms with Gasteiger partial charge in [0, 0.05) is 6.42 Å². The van der Waals surface area contributed by atoms with E-state index in [0.29, 0.717) is 12.8 Å². The van der Waals surface area contributed by atoms with Crippen LogP contribution in [0.1, 0.15) is 23.5 Å². The molecule has 90 valence electrons. The van der Waals surface area contributed by atoms with Gasteiger partial charge in [0.05, 0.1) is 21.8 Å². The summed E-state index contributed by atoms with van der Waals surface area (Å²) < 4.78 is 5.36. The van der Waals surface area contributed by atoms with Gasteiger partial charge < -0.3 is 9.52 Å². The van der Waals surface area contributed by atoms with E-state index in [0.717, 1.165) is 21.3 Å². The van der Waals surface area contributed by atoms with Crippen molar-refractivity contribution in [2.24, 2.45) is 0 Å². The molecule has 2 rings (SSSR count). The number of aryl methyl sites for hydroxylation is 2. The lowest BCUT2D eigenvalue weighted by Gasteiger charge is -1.98. The van der Waals surface area contributed by atoms with Gasteiger partial charge in [-0.05, 0) is 31.9 Å². The predicted octanol–water partition coefficient (Wildman–Crippen LogP) is 3.12. The van der Waals surface area contributed by atoms with E-state index in [2.05, 4.69) is 4.98 Å². The number of thiazole rings is 1. The number of carboxylic acids is 1. The molecule has 0 saturated carbocycles.